The second-order valence-corrected chi connectivity index (χ2v) is 10.3. The smallest absolute Gasteiger partial charge is 0.238 e. The standard InChI is InChI=1S/C29H22ClNOS/c30-23-16-8-7-15-22(23)26-19-29(21-13-5-2-6-14-21)27(20-11-3-1-4-12-20)28(32)31(29)24-17-9-10-18-25(24)33-26/h1-18,26-27H,19H2/t26-,27-,29+/m0/s1. The maximum Gasteiger partial charge on any atom is 0.238 e. The topological polar surface area (TPSA) is 20.3 Å². The van der Waals surface area contributed by atoms with Gasteiger partial charge in [0.1, 0.15) is 0 Å². The van der Waals surface area contributed by atoms with Crippen LogP contribution in [0.15, 0.2) is 114 Å². The predicted molar refractivity (Wildman–Crippen MR) is 136 cm³/mol. The molecule has 2 aliphatic heterocycles. The van der Waals surface area contributed by atoms with E-state index in [4.69, 9.17) is 11.6 Å². The lowest BCUT2D eigenvalue weighted by molar-refractivity contribution is -0.131. The summed E-state index contributed by atoms with van der Waals surface area (Å²) in [4.78, 5) is 17.1. The first kappa shape index (κ1) is 20.6. The molecule has 4 aromatic carbocycles. The van der Waals surface area contributed by atoms with Gasteiger partial charge in [-0.25, -0.2) is 0 Å². The minimum Gasteiger partial charge on any atom is -0.299 e. The Hall–Kier alpha value is -3.01. The van der Waals surface area contributed by atoms with Crippen molar-refractivity contribution in [3.05, 3.63) is 131 Å². The molecule has 0 N–H and O–H groups in total. The van der Waals surface area contributed by atoms with Crippen LogP contribution in [-0.2, 0) is 10.3 Å². The average Bonchev–Trinajstić information content (AvgIpc) is 2.98. The molecule has 2 nitrogen and oxygen atoms in total. The van der Waals surface area contributed by atoms with Gasteiger partial charge in [-0.15, -0.1) is 11.8 Å². The molecule has 1 fully saturated rings. The highest BCUT2D eigenvalue weighted by Crippen LogP contribution is 2.63. The van der Waals surface area contributed by atoms with Gasteiger partial charge in [0.2, 0.25) is 5.91 Å². The second kappa shape index (κ2) is 8.09. The van der Waals surface area contributed by atoms with E-state index in [2.05, 4.69) is 59.5 Å². The minimum atomic E-state index is -0.497. The molecular weight excluding hydrogens is 446 g/mol. The number of fused-ring (bicyclic) bond motifs is 3. The van der Waals surface area contributed by atoms with Crippen LogP contribution in [-0.4, -0.2) is 5.91 Å². The highest BCUT2D eigenvalue weighted by molar-refractivity contribution is 7.99. The molecule has 6 rings (SSSR count). The Morgan fingerprint density at radius 3 is 2.18 bits per heavy atom. The average molecular weight is 468 g/mol. The molecule has 0 radical (unpaired) electrons. The molecule has 0 saturated carbocycles. The highest BCUT2D eigenvalue weighted by atomic mass is 35.5. The quantitative estimate of drug-likeness (QED) is 0.289. The molecule has 0 spiro atoms. The van der Waals surface area contributed by atoms with Crippen molar-refractivity contribution in [3.63, 3.8) is 0 Å². The van der Waals surface area contributed by atoms with E-state index in [0.717, 1.165) is 38.7 Å². The summed E-state index contributed by atoms with van der Waals surface area (Å²) < 4.78 is 0. The number of carbonyl (C=O) groups excluding carboxylic acids is 1. The highest BCUT2D eigenvalue weighted by Gasteiger charge is 2.64. The summed E-state index contributed by atoms with van der Waals surface area (Å²) in [5, 5.41) is 0.871. The van der Waals surface area contributed by atoms with E-state index in [1.807, 2.05) is 54.6 Å². The third kappa shape index (κ3) is 3.14. The Labute approximate surface area is 203 Å². The van der Waals surface area contributed by atoms with Crippen molar-refractivity contribution in [1.29, 1.82) is 0 Å². The summed E-state index contributed by atoms with van der Waals surface area (Å²) in [7, 11) is 0. The van der Waals surface area contributed by atoms with Crippen LogP contribution in [0.1, 0.15) is 34.3 Å². The van der Waals surface area contributed by atoms with E-state index >= 15 is 0 Å². The molecule has 33 heavy (non-hydrogen) atoms. The largest absolute Gasteiger partial charge is 0.299 e. The molecule has 1 amide bonds. The Balaban J connectivity index is 1.62. The van der Waals surface area contributed by atoms with Gasteiger partial charge < -0.3 is 0 Å². The zero-order valence-corrected chi connectivity index (χ0v) is 19.5. The van der Waals surface area contributed by atoms with Crippen LogP contribution in [0.3, 0.4) is 0 Å². The lowest BCUT2D eigenvalue weighted by atomic mass is 9.63. The number of hydrogen-bond donors (Lipinski definition) is 0. The lowest BCUT2D eigenvalue weighted by Crippen LogP contribution is -2.67. The van der Waals surface area contributed by atoms with Crippen LogP contribution >= 0.6 is 23.4 Å². The fraction of sp³-hybridized carbons (Fsp3) is 0.138. The predicted octanol–water partition coefficient (Wildman–Crippen LogP) is 7.60. The number of anilines is 1. The van der Waals surface area contributed by atoms with E-state index in [0.29, 0.717) is 0 Å². The van der Waals surface area contributed by atoms with E-state index in [9.17, 15) is 4.79 Å². The van der Waals surface area contributed by atoms with E-state index < -0.39 is 5.54 Å². The molecule has 3 atom stereocenters. The van der Waals surface area contributed by atoms with Crippen molar-refractivity contribution in [2.45, 2.75) is 28.0 Å². The van der Waals surface area contributed by atoms with Gasteiger partial charge >= 0.3 is 0 Å². The number of thioether (sulfide) groups is 1. The summed E-state index contributed by atoms with van der Waals surface area (Å²) in [5.41, 5.74) is 3.82. The minimum absolute atomic E-state index is 0.101. The fourth-order valence-corrected chi connectivity index (χ4v) is 7.21. The van der Waals surface area contributed by atoms with Crippen molar-refractivity contribution in [1.82, 2.24) is 0 Å². The molecule has 0 aliphatic carbocycles. The third-order valence-electron chi connectivity index (χ3n) is 6.87. The van der Waals surface area contributed by atoms with Gasteiger partial charge in [0.25, 0.3) is 0 Å². The van der Waals surface area contributed by atoms with Crippen molar-refractivity contribution in [2.24, 2.45) is 0 Å². The summed E-state index contributed by atoms with van der Waals surface area (Å²) in [6.45, 7) is 0. The van der Waals surface area contributed by atoms with Crippen molar-refractivity contribution in [2.75, 3.05) is 4.90 Å². The summed E-state index contributed by atoms with van der Waals surface area (Å²) in [6, 6.07) is 37.1. The van der Waals surface area contributed by atoms with Gasteiger partial charge in [0, 0.05) is 15.2 Å². The maximum absolute atomic E-state index is 13.9. The van der Waals surface area contributed by atoms with Crippen LogP contribution in [0.25, 0.3) is 0 Å². The van der Waals surface area contributed by atoms with Crippen molar-refractivity contribution < 1.29 is 4.79 Å². The van der Waals surface area contributed by atoms with Crippen molar-refractivity contribution >= 4 is 35.0 Å². The Morgan fingerprint density at radius 2 is 1.42 bits per heavy atom. The molecular formula is C29H22ClNOS. The number of hydrogen-bond acceptors (Lipinski definition) is 2. The number of para-hydroxylation sites is 1. The molecule has 2 heterocycles. The second-order valence-electron chi connectivity index (χ2n) is 8.61. The van der Waals surface area contributed by atoms with Crippen LogP contribution in [0.5, 0.6) is 0 Å². The first-order valence-electron chi connectivity index (χ1n) is 11.1. The number of benzene rings is 4. The van der Waals surface area contributed by atoms with Gasteiger partial charge in [-0.1, -0.05) is 103 Å². The first-order valence-corrected chi connectivity index (χ1v) is 12.4. The summed E-state index contributed by atoms with van der Waals surface area (Å²) in [5.74, 6) is -0.101. The van der Waals surface area contributed by atoms with Gasteiger partial charge in [0.15, 0.2) is 0 Å². The Bertz CT molecular complexity index is 1330. The van der Waals surface area contributed by atoms with E-state index in [-0.39, 0.29) is 17.1 Å². The zero-order valence-electron chi connectivity index (χ0n) is 17.9. The summed E-state index contributed by atoms with van der Waals surface area (Å²) in [6.07, 6.45) is 0.769. The molecule has 4 aromatic rings. The van der Waals surface area contributed by atoms with Gasteiger partial charge in [0.05, 0.1) is 17.1 Å². The van der Waals surface area contributed by atoms with Gasteiger partial charge in [-0.2, -0.15) is 0 Å². The number of rotatable bonds is 3. The van der Waals surface area contributed by atoms with Crippen LogP contribution in [0.4, 0.5) is 5.69 Å². The molecule has 4 heteroatoms. The maximum atomic E-state index is 13.9. The first-order chi connectivity index (χ1) is 16.2. The molecule has 162 valence electrons. The van der Waals surface area contributed by atoms with Crippen LogP contribution in [0, 0.1) is 0 Å². The van der Waals surface area contributed by atoms with Gasteiger partial charge in [-0.3, -0.25) is 9.69 Å². The SMILES string of the molecule is O=C1[C@H](c2ccccc2)[C@]2(c3ccccc3)C[C@@H](c3ccccc3Cl)Sc3ccccc3N12. The van der Waals surface area contributed by atoms with Gasteiger partial charge in [-0.05, 0) is 41.3 Å². The Kier molecular flexibility index (Phi) is 5.05. The number of amides is 1. The molecule has 0 unspecified atom stereocenters. The zero-order chi connectivity index (χ0) is 22.4. The molecule has 1 saturated heterocycles. The number of carbonyl (C=O) groups is 1. The van der Waals surface area contributed by atoms with E-state index in [1.54, 1.807) is 11.8 Å². The van der Waals surface area contributed by atoms with Crippen molar-refractivity contribution in [3.8, 4) is 0 Å². The van der Waals surface area contributed by atoms with E-state index in [1.165, 1.54) is 0 Å². The summed E-state index contributed by atoms with van der Waals surface area (Å²) >= 11 is 8.53. The molecule has 0 aromatic heterocycles. The fourth-order valence-electron chi connectivity index (χ4n) is 5.47. The molecule has 2 aliphatic rings. The lowest BCUT2D eigenvalue weighted by Gasteiger charge is -2.58. The monoisotopic (exact) mass is 467 g/mol. The number of nitrogens with zero attached hydrogens (tertiary/aromatic N) is 1. The number of halogens is 1. The van der Waals surface area contributed by atoms with Crippen LogP contribution in [0.2, 0.25) is 5.02 Å². The van der Waals surface area contributed by atoms with Crippen LogP contribution < -0.4 is 4.90 Å². The third-order valence-corrected chi connectivity index (χ3v) is 8.52. The Morgan fingerprint density at radius 1 is 0.788 bits per heavy atom. The number of β-lactam (4-membered cyclic amide) rings is 1. The normalized spacial score (nSPS) is 23.8. The molecule has 0 bridgehead atoms.